The zero-order valence-electron chi connectivity index (χ0n) is 20.7. The van der Waals surface area contributed by atoms with E-state index in [0.29, 0.717) is 47.6 Å². The highest BCUT2D eigenvalue weighted by Gasteiger charge is 2.39. The van der Waals surface area contributed by atoms with Gasteiger partial charge < -0.3 is 20.7 Å². The van der Waals surface area contributed by atoms with Crippen molar-refractivity contribution in [2.45, 2.75) is 26.2 Å². The SMILES string of the molecule is CCCCc1c(C(N)=O)c(N2CCNCC2)c2c(c1-c1ccccc1OC)-c1ccccc1C2=O.Cl. The highest BCUT2D eigenvalue weighted by molar-refractivity contribution is 6.29. The second-order valence-corrected chi connectivity index (χ2v) is 9.11. The lowest BCUT2D eigenvalue weighted by Crippen LogP contribution is -2.45. The quantitative estimate of drug-likeness (QED) is 0.375. The molecule has 3 aromatic rings. The predicted octanol–water partition coefficient (Wildman–Crippen LogP) is 4.85. The summed E-state index contributed by atoms with van der Waals surface area (Å²) >= 11 is 0. The predicted molar refractivity (Wildman–Crippen MR) is 147 cm³/mol. The van der Waals surface area contributed by atoms with Crippen molar-refractivity contribution < 1.29 is 14.3 Å². The summed E-state index contributed by atoms with van der Waals surface area (Å²) in [6, 6.07) is 15.6. The molecule has 1 amide bonds. The number of benzene rings is 3. The van der Waals surface area contributed by atoms with E-state index >= 15 is 0 Å². The summed E-state index contributed by atoms with van der Waals surface area (Å²) in [5.41, 5.74) is 13.0. The smallest absolute Gasteiger partial charge is 0.251 e. The highest BCUT2D eigenvalue weighted by atomic mass is 35.5. The molecule has 0 bridgehead atoms. The molecular formula is C29H32ClN3O3. The van der Waals surface area contributed by atoms with E-state index < -0.39 is 5.91 Å². The van der Waals surface area contributed by atoms with Gasteiger partial charge >= 0.3 is 0 Å². The van der Waals surface area contributed by atoms with E-state index in [1.54, 1.807) is 7.11 Å². The minimum atomic E-state index is -0.493. The third-order valence-corrected chi connectivity index (χ3v) is 7.08. The van der Waals surface area contributed by atoms with Gasteiger partial charge in [-0.3, -0.25) is 9.59 Å². The van der Waals surface area contributed by atoms with E-state index in [1.807, 2.05) is 48.5 Å². The summed E-state index contributed by atoms with van der Waals surface area (Å²) in [6.07, 6.45) is 2.56. The number of hydrogen-bond acceptors (Lipinski definition) is 5. The Kier molecular flexibility index (Phi) is 7.67. The number of anilines is 1. The molecular weight excluding hydrogens is 474 g/mol. The average molecular weight is 506 g/mol. The number of methoxy groups -OCH3 is 1. The Balaban J connectivity index is 0.00000304. The summed E-state index contributed by atoms with van der Waals surface area (Å²) in [5, 5.41) is 3.37. The Morgan fingerprint density at radius 1 is 0.972 bits per heavy atom. The first-order valence-corrected chi connectivity index (χ1v) is 12.3. The van der Waals surface area contributed by atoms with Gasteiger partial charge in [-0.05, 0) is 35.6 Å². The van der Waals surface area contributed by atoms with Gasteiger partial charge in [-0.25, -0.2) is 0 Å². The fourth-order valence-corrected chi connectivity index (χ4v) is 5.53. The van der Waals surface area contributed by atoms with Crippen LogP contribution in [0.15, 0.2) is 48.5 Å². The number of para-hydroxylation sites is 1. The molecule has 36 heavy (non-hydrogen) atoms. The molecule has 0 atom stereocenters. The van der Waals surface area contributed by atoms with Crippen molar-refractivity contribution in [3.05, 3.63) is 70.8 Å². The number of nitrogens with zero attached hydrogens (tertiary/aromatic N) is 1. The zero-order chi connectivity index (χ0) is 24.5. The molecule has 0 unspecified atom stereocenters. The summed E-state index contributed by atoms with van der Waals surface area (Å²) < 4.78 is 5.76. The maximum Gasteiger partial charge on any atom is 0.251 e. The standard InChI is InChI=1S/C29H31N3O3.ClH/c1-3-4-9-21-23(20-12-7-8-13-22(20)35-2)24-18-10-5-6-11-19(18)28(33)26(24)27(25(21)29(30)34)32-16-14-31-15-17-32;/h5-8,10-13,31H,3-4,9,14-17H2,1-2H3,(H2,30,34);1H. The molecule has 6 nitrogen and oxygen atoms in total. The highest BCUT2D eigenvalue weighted by Crippen LogP contribution is 2.52. The third-order valence-electron chi connectivity index (χ3n) is 7.08. The van der Waals surface area contributed by atoms with E-state index in [0.717, 1.165) is 53.7 Å². The number of fused-ring (bicyclic) bond motifs is 3. The summed E-state index contributed by atoms with van der Waals surface area (Å²) in [6.45, 7) is 5.12. The molecule has 7 heteroatoms. The number of hydrogen-bond donors (Lipinski definition) is 2. The largest absolute Gasteiger partial charge is 0.496 e. The maximum absolute atomic E-state index is 14.0. The number of primary amides is 1. The van der Waals surface area contributed by atoms with Crippen LogP contribution in [-0.2, 0) is 6.42 Å². The van der Waals surface area contributed by atoms with Crippen LogP contribution in [0, 0.1) is 0 Å². The fraction of sp³-hybridized carbons (Fsp3) is 0.310. The first-order valence-electron chi connectivity index (χ1n) is 12.3. The van der Waals surface area contributed by atoms with E-state index in [-0.39, 0.29) is 18.2 Å². The number of rotatable bonds is 7. The van der Waals surface area contributed by atoms with E-state index in [2.05, 4.69) is 17.1 Å². The number of nitrogens with two attached hydrogens (primary N) is 1. The van der Waals surface area contributed by atoms with Crippen LogP contribution in [0.25, 0.3) is 22.3 Å². The number of ether oxygens (including phenoxy) is 1. The van der Waals surface area contributed by atoms with Crippen LogP contribution in [0.2, 0.25) is 0 Å². The van der Waals surface area contributed by atoms with Crippen LogP contribution in [0.1, 0.15) is 51.6 Å². The molecule has 1 heterocycles. The second kappa shape index (κ2) is 10.7. The molecule has 0 aromatic heterocycles. The van der Waals surface area contributed by atoms with Gasteiger partial charge in [0.2, 0.25) is 0 Å². The Morgan fingerprint density at radius 2 is 1.61 bits per heavy atom. The number of amides is 1. The zero-order valence-corrected chi connectivity index (χ0v) is 21.5. The number of piperazine rings is 1. The Morgan fingerprint density at radius 3 is 2.25 bits per heavy atom. The van der Waals surface area contributed by atoms with Gasteiger partial charge in [0, 0.05) is 42.9 Å². The van der Waals surface area contributed by atoms with Gasteiger partial charge in [0.1, 0.15) is 5.75 Å². The topological polar surface area (TPSA) is 84.7 Å². The molecule has 1 fully saturated rings. The number of unbranched alkanes of at least 4 members (excludes halogenated alkanes) is 1. The lowest BCUT2D eigenvalue weighted by Gasteiger charge is -2.34. The van der Waals surface area contributed by atoms with E-state index in [4.69, 9.17) is 10.5 Å². The summed E-state index contributed by atoms with van der Waals surface area (Å²) in [5.74, 6) is 0.159. The van der Waals surface area contributed by atoms with Crippen LogP contribution in [-0.4, -0.2) is 45.0 Å². The van der Waals surface area contributed by atoms with Crippen molar-refractivity contribution in [2.24, 2.45) is 5.73 Å². The summed E-state index contributed by atoms with van der Waals surface area (Å²) in [7, 11) is 1.65. The minimum Gasteiger partial charge on any atom is -0.496 e. The lowest BCUT2D eigenvalue weighted by molar-refractivity contribution is 0.0999. The summed E-state index contributed by atoms with van der Waals surface area (Å²) in [4.78, 5) is 29.3. The van der Waals surface area contributed by atoms with Gasteiger partial charge in [0.25, 0.3) is 5.91 Å². The van der Waals surface area contributed by atoms with Gasteiger partial charge in [-0.2, -0.15) is 0 Å². The second-order valence-electron chi connectivity index (χ2n) is 9.11. The normalized spacial score (nSPS) is 14.2. The molecule has 3 aromatic carbocycles. The van der Waals surface area contributed by atoms with Crippen molar-refractivity contribution >= 4 is 29.8 Å². The number of carbonyl (C=O) groups excluding carboxylic acids is 2. The monoisotopic (exact) mass is 505 g/mol. The van der Waals surface area contributed by atoms with E-state index in [9.17, 15) is 9.59 Å². The number of nitrogens with one attached hydrogen (secondary N) is 1. The van der Waals surface area contributed by atoms with Crippen LogP contribution in [0.3, 0.4) is 0 Å². The van der Waals surface area contributed by atoms with Crippen molar-refractivity contribution in [2.75, 3.05) is 38.2 Å². The molecule has 3 N–H and O–H groups in total. The average Bonchev–Trinajstić information content (AvgIpc) is 3.19. The van der Waals surface area contributed by atoms with Gasteiger partial charge in [-0.15, -0.1) is 12.4 Å². The van der Waals surface area contributed by atoms with Crippen LogP contribution >= 0.6 is 12.4 Å². The Hall–Kier alpha value is -3.35. The molecule has 0 radical (unpaired) electrons. The van der Waals surface area contributed by atoms with Crippen molar-refractivity contribution in [1.29, 1.82) is 0 Å². The maximum atomic E-state index is 14.0. The molecule has 1 aliphatic carbocycles. The first-order chi connectivity index (χ1) is 17.1. The number of ketones is 1. The fourth-order valence-electron chi connectivity index (χ4n) is 5.53. The van der Waals surface area contributed by atoms with Crippen LogP contribution in [0.5, 0.6) is 5.75 Å². The van der Waals surface area contributed by atoms with Gasteiger partial charge in [-0.1, -0.05) is 55.8 Å². The van der Waals surface area contributed by atoms with Crippen LogP contribution < -0.4 is 20.7 Å². The van der Waals surface area contributed by atoms with Crippen LogP contribution in [0.4, 0.5) is 5.69 Å². The molecule has 1 saturated heterocycles. The number of carbonyl (C=O) groups is 2. The number of halogens is 1. The first kappa shape index (κ1) is 25.7. The van der Waals surface area contributed by atoms with Crippen molar-refractivity contribution in [1.82, 2.24) is 5.32 Å². The molecule has 5 rings (SSSR count). The molecule has 2 aliphatic rings. The molecule has 0 spiro atoms. The van der Waals surface area contributed by atoms with Crippen molar-refractivity contribution in [3.63, 3.8) is 0 Å². The van der Waals surface area contributed by atoms with Crippen molar-refractivity contribution in [3.8, 4) is 28.0 Å². The molecule has 0 saturated carbocycles. The van der Waals surface area contributed by atoms with Gasteiger partial charge in [0.05, 0.1) is 23.9 Å². The molecule has 1 aliphatic heterocycles. The van der Waals surface area contributed by atoms with E-state index in [1.165, 1.54) is 0 Å². The third kappa shape index (κ3) is 4.14. The van der Waals surface area contributed by atoms with Gasteiger partial charge in [0.15, 0.2) is 5.78 Å². The minimum absolute atomic E-state index is 0. The molecule has 188 valence electrons. The Labute approximate surface area is 218 Å². The lowest BCUT2D eigenvalue weighted by atomic mass is 9.82. The Bertz CT molecular complexity index is 1320.